The van der Waals surface area contributed by atoms with Crippen molar-refractivity contribution in [3.05, 3.63) is 30.1 Å². The summed E-state index contributed by atoms with van der Waals surface area (Å²) >= 11 is 0. The molecule has 0 saturated carbocycles. The molecular weight excluding hydrogens is 226 g/mol. The van der Waals surface area contributed by atoms with Gasteiger partial charge in [-0.05, 0) is 39.3 Å². The molecule has 1 amide bonds. The lowest BCUT2D eigenvalue weighted by molar-refractivity contribution is -0.121. The number of aromatic nitrogens is 1. The number of pyridine rings is 1. The van der Waals surface area contributed by atoms with Crippen molar-refractivity contribution in [2.45, 2.75) is 39.2 Å². The zero-order valence-electron chi connectivity index (χ0n) is 11.5. The third-order valence-electron chi connectivity index (χ3n) is 2.44. The first kappa shape index (κ1) is 14.6. The zero-order valence-corrected chi connectivity index (χ0v) is 11.5. The molecule has 0 radical (unpaired) electrons. The number of nitrogens with zero attached hydrogens (tertiary/aromatic N) is 1. The third-order valence-corrected chi connectivity index (χ3v) is 2.44. The maximum Gasteiger partial charge on any atom is 0.220 e. The lowest BCUT2D eigenvalue weighted by atomic mass is 10.1. The molecule has 0 aliphatic carbocycles. The Hall–Kier alpha value is -1.42. The average Bonchev–Trinajstić information content (AvgIpc) is 2.32. The van der Waals surface area contributed by atoms with Gasteiger partial charge in [0.1, 0.15) is 0 Å². The molecule has 0 aliphatic heterocycles. The van der Waals surface area contributed by atoms with Crippen molar-refractivity contribution in [2.24, 2.45) is 0 Å². The van der Waals surface area contributed by atoms with Crippen LogP contribution in [0.4, 0.5) is 0 Å². The lowest BCUT2D eigenvalue weighted by Crippen LogP contribution is -2.41. The van der Waals surface area contributed by atoms with Gasteiger partial charge in [-0.3, -0.25) is 9.78 Å². The van der Waals surface area contributed by atoms with Gasteiger partial charge in [-0.1, -0.05) is 6.07 Å². The van der Waals surface area contributed by atoms with Crippen molar-refractivity contribution in [1.82, 2.24) is 15.6 Å². The second-order valence-corrected chi connectivity index (χ2v) is 5.35. The number of nitrogens with one attached hydrogen (secondary N) is 2. The summed E-state index contributed by atoms with van der Waals surface area (Å²) in [5, 5.41) is 6.22. The summed E-state index contributed by atoms with van der Waals surface area (Å²) < 4.78 is 0. The van der Waals surface area contributed by atoms with E-state index in [-0.39, 0.29) is 11.4 Å². The van der Waals surface area contributed by atoms with E-state index in [9.17, 15) is 4.79 Å². The molecule has 0 atom stereocenters. The first-order valence-electron chi connectivity index (χ1n) is 6.39. The van der Waals surface area contributed by atoms with E-state index >= 15 is 0 Å². The number of carbonyl (C=O) groups is 1. The highest BCUT2D eigenvalue weighted by atomic mass is 16.1. The Balaban J connectivity index is 2.11. The molecular formula is C14H23N3O. The highest BCUT2D eigenvalue weighted by Crippen LogP contribution is 1.98. The Morgan fingerprint density at radius 1 is 1.28 bits per heavy atom. The number of hydrogen-bond donors (Lipinski definition) is 2. The fourth-order valence-electron chi connectivity index (χ4n) is 1.52. The SMILES string of the molecule is CC(C)(C)NCCNC(=O)CCc1ccccn1. The molecule has 0 fully saturated rings. The first-order chi connectivity index (χ1) is 8.47. The van der Waals surface area contributed by atoms with Crippen molar-refractivity contribution in [2.75, 3.05) is 13.1 Å². The molecule has 4 heteroatoms. The molecule has 0 bridgehead atoms. The van der Waals surface area contributed by atoms with Crippen LogP contribution in [0.3, 0.4) is 0 Å². The summed E-state index contributed by atoms with van der Waals surface area (Å²) in [4.78, 5) is 15.8. The van der Waals surface area contributed by atoms with Gasteiger partial charge in [-0.25, -0.2) is 0 Å². The van der Waals surface area contributed by atoms with Crippen molar-refractivity contribution in [3.8, 4) is 0 Å². The van der Waals surface area contributed by atoms with E-state index in [4.69, 9.17) is 0 Å². The molecule has 0 aromatic carbocycles. The van der Waals surface area contributed by atoms with Crippen LogP contribution in [0, 0.1) is 0 Å². The van der Waals surface area contributed by atoms with Crippen LogP contribution in [0.25, 0.3) is 0 Å². The van der Waals surface area contributed by atoms with Crippen LogP contribution in [-0.2, 0) is 11.2 Å². The highest BCUT2D eigenvalue weighted by molar-refractivity contribution is 5.76. The molecule has 1 rings (SSSR count). The normalized spacial score (nSPS) is 11.3. The van der Waals surface area contributed by atoms with E-state index in [1.54, 1.807) is 6.20 Å². The zero-order chi connectivity index (χ0) is 13.4. The van der Waals surface area contributed by atoms with Crippen LogP contribution in [0.5, 0.6) is 0 Å². The van der Waals surface area contributed by atoms with Crippen molar-refractivity contribution in [3.63, 3.8) is 0 Å². The second kappa shape index (κ2) is 7.11. The smallest absolute Gasteiger partial charge is 0.220 e. The molecule has 1 aromatic rings. The second-order valence-electron chi connectivity index (χ2n) is 5.35. The standard InChI is InChI=1S/C14H23N3O/c1-14(2,3)17-11-10-16-13(18)8-7-12-6-4-5-9-15-12/h4-6,9,17H,7-8,10-11H2,1-3H3,(H,16,18). The van der Waals surface area contributed by atoms with Crippen LogP contribution in [0.1, 0.15) is 32.9 Å². The van der Waals surface area contributed by atoms with E-state index in [2.05, 4.69) is 36.4 Å². The van der Waals surface area contributed by atoms with Crippen LogP contribution < -0.4 is 10.6 Å². The largest absolute Gasteiger partial charge is 0.355 e. The third kappa shape index (κ3) is 7.01. The average molecular weight is 249 g/mol. The van der Waals surface area contributed by atoms with Crippen molar-refractivity contribution < 1.29 is 4.79 Å². The number of carbonyl (C=O) groups excluding carboxylic acids is 1. The molecule has 0 spiro atoms. The van der Waals surface area contributed by atoms with Crippen LogP contribution in [-0.4, -0.2) is 29.5 Å². The fourth-order valence-corrected chi connectivity index (χ4v) is 1.52. The molecule has 100 valence electrons. The summed E-state index contributed by atoms with van der Waals surface area (Å²) in [6, 6.07) is 5.75. The quantitative estimate of drug-likeness (QED) is 0.752. The highest BCUT2D eigenvalue weighted by Gasteiger charge is 2.08. The Kier molecular flexibility index (Phi) is 5.78. The minimum atomic E-state index is 0.0800. The van der Waals surface area contributed by atoms with E-state index in [0.29, 0.717) is 19.4 Å². The molecule has 0 unspecified atom stereocenters. The number of rotatable bonds is 6. The Morgan fingerprint density at radius 3 is 2.67 bits per heavy atom. The summed E-state index contributed by atoms with van der Waals surface area (Å²) in [5.41, 5.74) is 1.05. The minimum Gasteiger partial charge on any atom is -0.355 e. The molecule has 1 aromatic heterocycles. The van der Waals surface area contributed by atoms with Crippen LogP contribution >= 0.6 is 0 Å². The maximum absolute atomic E-state index is 11.6. The predicted molar refractivity (Wildman–Crippen MR) is 73.3 cm³/mol. The van der Waals surface area contributed by atoms with Gasteiger partial charge in [0.2, 0.25) is 5.91 Å². The Morgan fingerprint density at radius 2 is 2.06 bits per heavy atom. The van der Waals surface area contributed by atoms with Gasteiger partial charge >= 0.3 is 0 Å². The van der Waals surface area contributed by atoms with Crippen LogP contribution in [0.2, 0.25) is 0 Å². The van der Waals surface area contributed by atoms with Crippen molar-refractivity contribution in [1.29, 1.82) is 0 Å². The maximum atomic E-state index is 11.6. The predicted octanol–water partition coefficient (Wildman–Crippen LogP) is 1.52. The van der Waals surface area contributed by atoms with Gasteiger partial charge < -0.3 is 10.6 Å². The van der Waals surface area contributed by atoms with Gasteiger partial charge in [0, 0.05) is 36.9 Å². The molecule has 18 heavy (non-hydrogen) atoms. The fraction of sp³-hybridized carbons (Fsp3) is 0.571. The van der Waals surface area contributed by atoms with Crippen LogP contribution in [0.15, 0.2) is 24.4 Å². The molecule has 2 N–H and O–H groups in total. The molecule has 0 saturated heterocycles. The summed E-state index contributed by atoms with van der Waals surface area (Å²) in [6.07, 6.45) is 2.94. The van der Waals surface area contributed by atoms with Gasteiger partial charge in [0.05, 0.1) is 0 Å². The summed E-state index contributed by atoms with van der Waals surface area (Å²) in [6.45, 7) is 7.78. The Labute approximate surface area is 109 Å². The lowest BCUT2D eigenvalue weighted by Gasteiger charge is -2.20. The van der Waals surface area contributed by atoms with E-state index < -0.39 is 0 Å². The van der Waals surface area contributed by atoms with E-state index in [1.165, 1.54) is 0 Å². The topological polar surface area (TPSA) is 54.0 Å². The summed E-state index contributed by atoms with van der Waals surface area (Å²) in [7, 11) is 0. The number of hydrogen-bond acceptors (Lipinski definition) is 3. The van der Waals surface area contributed by atoms with E-state index in [1.807, 2.05) is 18.2 Å². The monoisotopic (exact) mass is 249 g/mol. The molecule has 1 heterocycles. The van der Waals surface area contributed by atoms with Gasteiger partial charge in [-0.15, -0.1) is 0 Å². The number of amides is 1. The Bertz CT molecular complexity index is 357. The van der Waals surface area contributed by atoms with Crippen molar-refractivity contribution >= 4 is 5.91 Å². The van der Waals surface area contributed by atoms with Gasteiger partial charge in [0.25, 0.3) is 0 Å². The van der Waals surface area contributed by atoms with E-state index in [0.717, 1.165) is 12.2 Å². The first-order valence-corrected chi connectivity index (χ1v) is 6.39. The minimum absolute atomic E-state index is 0.0800. The van der Waals surface area contributed by atoms with Gasteiger partial charge in [-0.2, -0.15) is 0 Å². The summed E-state index contributed by atoms with van der Waals surface area (Å²) in [5.74, 6) is 0.0800. The molecule has 0 aliphatic rings. The molecule has 4 nitrogen and oxygen atoms in total. The number of aryl methyl sites for hydroxylation is 1. The van der Waals surface area contributed by atoms with Gasteiger partial charge in [0.15, 0.2) is 0 Å².